The van der Waals surface area contributed by atoms with Crippen LogP contribution >= 0.6 is 15.9 Å². The predicted octanol–water partition coefficient (Wildman–Crippen LogP) is 3.86. The van der Waals surface area contributed by atoms with Crippen LogP contribution in [0.15, 0.2) is 53.0 Å². The van der Waals surface area contributed by atoms with Gasteiger partial charge in [0.25, 0.3) is 0 Å². The minimum atomic E-state index is 0.318. The lowest BCUT2D eigenvalue weighted by atomic mass is 10.1. The molecule has 1 atom stereocenters. The van der Waals surface area contributed by atoms with Crippen LogP contribution in [0.1, 0.15) is 6.42 Å². The molecule has 1 saturated heterocycles. The molecule has 0 radical (unpaired) electrons. The van der Waals surface area contributed by atoms with Crippen molar-refractivity contribution in [3.05, 3.63) is 53.0 Å². The van der Waals surface area contributed by atoms with Crippen LogP contribution < -0.4 is 10.1 Å². The Morgan fingerprint density at radius 3 is 2.16 bits per heavy atom. The first-order valence-electron chi connectivity index (χ1n) is 6.55. The van der Waals surface area contributed by atoms with Crippen molar-refractivity contribution in [2.45, 2.75) is 12.5 Å². The van der Waals surface area contributed by atoms with E-state index in [4.69, 9.17) is 4.74 Å². The third kappa shape index (κ3) is 3.17. The number of rotatable bonds is 3. The van der Waals surface area contributed by atoms with Crippen LogP contribution in [-0.2, 0) is 0 Å². The van der Waals surface area contributed by atoms with Crippen molar-refractivity contribution in [1.29, 1.82) is 0 Å². The van der Waals surface area contributed by atoms with Gasteiger partial charge in [0.1, 0.15) is 11.9 Å². The largest absolute Gasteiger partial charge is 0.489 e. The maximum absolute atomic E-state index is 5.92. The molecular weight excluding hydrogens is 302 g/mol. The highest BCUT2D eigenvalue weighted by Gasteiger charge is 2.15. The van der Waals surface area contributed by atoms with Crippen molar-refractivity contribution in [1.82, 2.24) is 5.32 Å². The molecule has 1 unspecified atom stereocenters. The van der Waals surface area contributed by atoms with E-state index in [0.717, 1.165) is 29.7 Å². The van der Waals surface area contributed by atoms with Gasteiger partial charge in [-0.05, 0) is 48.4 Å². The fourth-order valence-corrected chi connectivity index (χ4v) is 2.55. The quantitative estimate of drug-likeness (QED) is 0.928. The Hall–Kier alpha value is -1.32. The van der Waals surface area contributed by atoms with Crippen molar-refractivity contribution >= 4 is 15.9 Å². The minimum Gasteiger partial charge on any atom is -0.489 e. The summed E-state index contributed by atoms with van der Waals surface area (Å²) in [5, 5.41) is 3.31. The molecule has 1 N–H and O–H groups in total. The molecular formula is C16H16BrNO. The van der Waals surface area contributed by atoms with Gasteiger partial charge in [0, 0.05) is 11.0 Å². The van der Waals surface area contributed by atoms with Gasteiger partial charge in [-0.3, -0.25) is 0 Å². The summed E-state index contributed by atoms with van der Waals surface area (Å²) in [7, 11) is 0. The Balaban J connectivity index is 1.72. The lowest BCUT2D eigenvalue weighted by Gasteiger charge is -2.12. The van der Waals surface area contributed by atoms with Gasteiger partial charge in [-0.1, -0.05) is 40.2 Å². The second kappa shape index (κ2) is 5.76. The fraction of sp³-hybridized carbons (Fsp3) is 0.250. The van der Waals surface area contributed by atoms with E-state index in [1.54, 1.807) is 0 Å². The van der Waals surface area contributed by atoms with E-state index in [9.17, 15) is 0 Å². The molecule has 3 heteroatoms. The normalized spacial score (nSPS) is 18.5. The zero-order valence-electron chi connectivity index (χ0n) is 10.6. The summed E-state index contributed by atoms with van der Waals surface area (Å²) in [5.74, 6) is 0.953. The first-order chi connectivity index (χ1) is 9.31. The van der Waals surface area contributed by atoms with Gasteiger partial charge in [-0.2, -0.15) is 0 Å². The molecule has 2 aromatic rings. The average molecular weight is 318 g/mol. The molecule has 98 valence electrons. The minimum absolute atomic E-state index is 0.318. The molecule has 19 heavy (non-hydrogen) atoms. The number of halogens is 1. The van der Waals surface area contributed by atoms with E-state index in [1.807, 2.05) is 0 Å². The van der Waals surface area contributed by atoms with Gasteiger partial charge < -0.3 is 10.1 Å². The van der Waals surface area contributed by atoms with Crippen molar-refractivity contribution in [3.8, 4) is 16.9 Å². The van der Waals surface area contributed by atoms with E-state index in [0.29, 0.717) is 6.10 Å². The second-order valence-corrected chi connectivity index (χ2v) is 5.68. The third-order valence-corrected chi connectivity index (χ3v) is 3.88. The van der Waals surface area contributed by atoms with E-state index >= 15 is 0 Å². The third-order valence-electron chi connectivity index (χ3n) is 3.35. The van der Waals surface area contributed by atoms with Crippen molar-refractivity contribution < 1.29 is 4.74 Å². The smallest absolute Gasteiger partial charge is 0.119 e. The molecule has 2 nitrogen and oxygen atoms in total. The summed E-state index contributed by atoms with van der Waals surface area (Å²) >= 11 is 3.45. The highest BCUT2D eigenvalue weighted by molar-refractivity contribution is 9.10. The van der Waals surface area contributed by atoms with Gasteiger partial charge in [0.2, 0.25) is 0 Å². The van der Waals surface area contributed by atoms with Crippen LogP contribution in [0.3, 0.4) is 0 Å². The number of ether oxygens (including phenoxy) is 1. The number of nitrogens with one attached hydrogen (secondary N) is 1. The van der Waals surface area contributed by atoms with Gasteiger partial charge in [-0.25, -0.2) is 0 Å². The molecule has 3 rings (SSSR count). The summed E-state index contributed by atoms with van der Waals surface area (Å²) < 4.78 is 7.02. The molecule has 1 aliphatic rings. The summed E-state index contributed by atoms with van der Waals surface area (Å²) in [4.78, 5) is 0. The molecule has 0 aromatic heterocycles. The fourth-order valence-electron chi connectivity index (χ4n) is 2.29. The maximum Gasteiger partial charge on any atom is 0.119 e. The Morgan fingerprint density at radius 1 is 0.947 bits per heavy atom. The van der Waals surface area contributed by atoms with E-state index in [1.165, 1.54) is 11.1 Å². The Morgan fingerprint density at radius 2 is 1.58 bits per heavy atom. The van der Waals surface area contributed by atoms with Gasteiger partial charge >= 0.3 is 0 Å². The van der Waals surface area contributed by atoms with E-state index in [2.05, 4.69) is 69.8 Å². The van der Waals surface area contributed by atoms with Crippen LogP contribution in [0, 0.1) is 0 Å². The Kier molecular flexibility index (Phi) is 3.85. The Bertz CT molecular complexity index is 530. The first-order valence-corrected chi connectivity index (χ1v) is 7.34. The number of benzene rings is 2. The molecule has 0 saturated carbocycles. The molecule has 2 aromatic carbocycles. The van der Waals surface area contributed by atoms with Gasteiger partial charge in [-0.15, -0.1) is 0 Å². The summed E-state index contributed by atoms with van der Waals surface area (Å²) in [6.07, 6.45) is 1.41. The standard InChI is InChI=1S/C16H16BrNO/c17-14-5-1-12(2-6-14)13-3-7-15(8-4-13)19-16-9-10-18-11-16/h1-8,16,18H,9-11H2. The second-order valence-electron chi connectivity index (χ2n) is 4.76. The maximum atomic E-state index is 5.92. The van der Waals surface area contributed by atoms with Gasteiger partial charge in [0.05, 0.1) is 0 Å². The molecule has 0 spiro atoms. The van der Waals surface area contributed by atoms with Crippen LogP contribution in [0.4, 0.5) is 0 Å². The number of hydrogen-bond donors (Lipinski definition) is 1. The van der Waals surface area contributed by atoms with Crippen LogP contribution in [0.2, 0.25) is 0 Å². The summed E-state index contributed by atoms with van der Waals surface area (Å²) in [5.41, 5.74) is 2.43. The van der Waals surface area contributed by atoms with Gasteiger partial charge in [0.15, 0.2) is 0 Å². The van der Waals surface area contributed by atoms with Crippen molar-refractivity contribution in [2.75, 3.05) is 13.1 Å². The zero-order chi connectivity index (χ0) is 13.1. The predicted molar refractivity (Wildman–Crippen MR) is 81.5 cm³/mol. The van der Waals surface area contributed by atoms with Crippen molar-refractivity contribution in [3.63, 3.8) is 0 Å². The lowest BCUT2D eigenvalue weighted by Crippen LogP contribution is -2.19. The van der Waals surface area contributed by atoms with Crippen LogP contribution in [0.25, 0.3) is 11.1 Å². The first kappa shape index (κ1) is 12.7. The molecule has 0 aliphatic carbocycles. The lowest BCUT2D eigenvalue weighted by molar-refractivity contribution is 0.223. The highest BCUT2D eigenvalue weighted by atomic mass is 79.9. The topological polar surface area (TPSA) is 21.3 Å². The highest BCUT2D eigenvalue weighted by Crippen LogP contribution is 2.24. The summed E-state index contributed by atoms with van der Waals surface area (Å²) in [6.45, 7) is 2.01. The molecule has 1 aliphatic heterocycles. The van der Waals surface area contributed by atoms with Crippen LogP contribution in [0.5, 0.6) is 5.75 Å². The van der Waals surface area contributed by atoms with E-state index in [-0.39, 0.29) is 0 Å². The Labute approximate surface area is 121 Å². The summed E-state index contributed by atoms with van der Waals surface area (Å²) in [6, 6.07) is 16.7. The van der Waals surface area contributed by atoms with Crippen LogP contribution in [-0.4, -0.2) is 19.2 Å². The monoisotopic (exact) mass is 317 g/mol. The average Bonchev–Trinajstić information content (AvgIpc) is 2.94. The van der Waals surface area contributed by atoms with E-state index < -0.39 is 0 Å². The molecule has 1 heterocycles. The molecule has 1 fully saturated rings. The van der Waals surface area contributed by atoms with Crippen molar-refractivity contribution in [2.24, 2.45) is 0 Å². The number of hydrogen-bond acceptors (Lipinski definition) is 2. The zero-order valence-corrected chi connectivity index (χ0v) is 12.2. The molecule has 0 bridgehead atoms. The SMILES string of the molecule is Brc1ccc(-c2ccc(OC3CCNC3)cc2)cc1. The molecule has 0 amide bonds.